The van der Waals surface area contributed by atoms with E-state index in [2.05, 4.69) is 0 Å². The van der Waals surface area contributed by atoms with E-state index in [-0.39, 0.29) is 18.3 Å². The van der Waals surface area contributed by atoms with E-state index >= 15 is 0 Å². The third kappa shape index (κ3) is 3.27. The molecule has 2 fully saturated rings. The van der Waals surface area contributed by atoms with Gasteiger partial charge in [-0.25, -0.2) is 0 Å². The summed E-state index contributed by atoms with van der Waals surface area (Å²) in [6.45, 7) is 4.75. The number of ether oxygens (including phenoxy) is 5. The Morgan fingerprint density at radius 3 is 2.57 bits per heavy atom. The maximum atomic E-state index is 5.98. The topological polar surface area (TPSA) is 46.2 Å². The van der Waals surface area contributed by atoms with Crippen molar-refractivity contribution in [3.05, 3.63) is 35.9 Å². The molecule has 3 rings (SSSR count). The third-order valence-corrected chi connectivity index (χ3v) is 3.76. The van der Waals surface area contributed by atoms with E-state index in [1.54, 1.807) is 7.11 Å². The summed E-state index contributed by atoms with van der Waals surface area (Å²) in [5.74, 6) is -0.645. The molecule has 2 aliphatic heterocycles. The van der Waals surface area contributed by atoms with Crippen LogP contribution in [0, 0.1) is 0 Å². The van der Waals surface area contributed by atoms with Crippen LogP contribution < -0.4 is 0 Å². The van der Waals surface area contributed by atoms with Crippen molar-refractivity contribution in [2.45, 2.75) is 50.8 Å². The Morgan fingerprint density at radius 1 is 1.14 bits per heavy atom. The van der Waals surface area contributed by atoms with Gasteiger partial charge >= 0.3 is 0 Å². The molecule has 0 N–H and O–H groups in total. The summed E-state index contributed by atoms with van der Waals surface area (Å²) in [5, 5.41) is 0. The number of rotatable bonds is 4. The molecule has 0 bridgehead atoms. The minimum Gasteiger partial charge on any atom is -0.368 e. The monoisotopic (exact) mass is 294 g/mol. The zero-order chi connectivity index (χ0) is 14.9. The molecule has 1 aromatic carbocycles. The van der Waals surface area contributed by atoms with Gasteiger partial charge in [0.25, 0.3) is 0 Å². The fraction of sp³-hybridized carbons (Fsp3) is 0.625. The lowest BCUT2D eigenvalue weighted by Crippen LogP contribution is -2.52. The molecule has 2 heterocycles. The molecule has 2 saturated heterocycles. The zero-order valence-corrected chi connectivity index (χ0v) is 12.7. The molecule has 0 aromatic heterocycles. The van der Waals surface area contributed by atoms with Crippen LogP contribution in [-0.4, -0.2) is 44.1 Å². The Bertz CT molecular complexity index is 461. The molecule has 0 amide bonds. The van der Waals surface area contributed by atoms with Gasteiger partial charge in [0.15, 0.2) is 12.1 Å². The number of methoxy groups -OCH3 is 1. The van der Waals surface area contributed by atoms with E-state index in [0.717, 1.165) is 5.56 Å². The summed E-state index contributed by atoms with van der Waals surface area (Å²) in [7, 11) is 1.61. The van der Waals surface area contributed by atoms with E-state index in [1.165, 1.54) is 0 Å². The summed E-state index contributed by atoms with van der Waals surface area (Å²) < 4.78 is 28.9. The van der Waals surface area contributed by atoms with Crippen molar-refractivity contribution < 1.29 is 23.7 Å². The molecule has 0 spiro atoms. The van der Waals surface area contributed by atoms with Crippen molar-refractivity contribution in [1.82, 2.24) is 0 Å². The van der Waals surface area contributed by atoms with Gasteiger partial charge in [0.05, 0.1) is 13.2 Å². The van der Waals surface area contributed by atoms with E-state index in [0.29, 0.717) is 13.2 Å². The minimum absolute atomic E-state index is 0.164. The van der Waals surface area contributed by atoms with Crippen molar-refractivity contribution in [3.8, 4) is 0 Å². The normalized spacial score (nSPS) is 34.6. The first kappa shape index (κ1) is 14.9. The first-order valence-corrected chi connectivity index (χ1v) is 7.24. The molecule has 5 nitrogen and oxygen atoms in total. The summed E-state index contributed by atoms with van der Waals surface area (Å²) >= 11 is 0. The summed E-state index contributed by atoms with van der Waals surface area (Å²) in [5.41, 5.74) is 1.13. The van der Waals surface area contributed by atoms with E-state index < -0.39 is 12.1 Å². The SMILES string of the molecule is CO[C@@H]1OC[C@H](OCc2ccccc2)[C@@H]2OC(C)(C)O[C@@H]12. The average molecular weight is 294 g/mol. The second-order valence-electron chi connectivity index (χ2n) is 5.84. The number of hydrogen-bond acceptors (Lipinski definition) is 5. The van der Waals surface area contributed by atoms with Gasteiger partial charge in [-0.15, -0.1) is 0 Å². The molecule has 116 valence electrons. The largest absolute Gasteiger partial charge is 0.368 e. The molecule has 0 unspecified atom stereocenters. The number of fused-ring (bicyclic) bond motifs is 1. The molecule has 0 radical (unpaired) electrons. The van der Waals surface area contributed by atoms with Gasteiger partial charge in [-0.1, -0.05) is 30.3 Å². The van der Waals surface area contributed by atoms with Gasteiger partial charge < -0.3 is 23.7 Å². The lowest BCUT2D eigenvalue weighted by atomic mass is 10.1. The van der Waals surface area contributed by atoms with Gasteiger partial charge in [0, 0.05) is 7.11 Å². The van der Waals surface area contributed by atoms with Crippen molar-refractivity contribution in [2.75, 3.05) is 13.7 Å². The minimum atomic E-state index is -0.645. The highest BCUT2D eigenvalue weighted by atomic mass is 16.8. The summed E-state index contributed by atoms with van der Waals surface area (Å²) in [4.78, 5) is 0. The fourth-order valence-electron chi connectivity index (χ4n) is 2.82. The standard InChI is InChI=1S/C16H22O5/c1-16(2)20-13-12(10-19-15(17-3)14(13)21-16)18-9-11-7-5-4-6-8-11/h4-8,12-15H,9-10H2,1-3H3/t12-,13-,14+,15+/m0/s1. The van der Waals surface area contributed by atoms with Crippen LogP contribution in [0.1, 0.15) is 19.4 Å². The number of hydrogen-bond donors (Lipinski definition) is 0. The van der Waals surface area contributed by atoms with Gasteiger partial charge in [-0.05, 0) is 19.4 Å². The van der Waals surface area contributed by atoms with Crippen LogP contribution in [-0.2, 0) is 30.3 Å². The fourth-order valence-corrected chi connectivity index (χ4v) is 2.82. The molecule has 5 heteroatoms. The third-order valence-electron chi connectivity index (χ3n) is 3.76. The van der Waals surface area contributed by atoms with Crippen LogP contribution >= 0.6 is 0 Å². The van der Waals surface area contributed by atoms with Gasteiger partial charge in [0.1, 0.15) is 18.3 Å². The molecular weight excluding hydrogens is 272 g/mol. The second kappa shape index (κ2) is 6.02. The molecule has 1 aromatic rings. The van der Waals surface area contributed by atoms with Crippen molar-refractivity contribution in [1.29, 1.82) is 0 Å². The van der Waals surface area contributed by atoms with Crippen molar-refractivity contribution in [2.24, 2.45) is 0 Å². The van der Waals surface area contributed by atoms with Crippen LogP contribution in [0.2, 0.25) is 0 Å². The number of benzene rings is 1. The highest BCUT2D eigenvalue weighted by Crippen LogP contribution is 2.36. The predicted octanol–water partition coefficient (Wildman–Crippen LogP) is 2.09. The summed E-state index contributed by atoms with van der Waals surface area (Å²) in [6.07, 6.45) is -1.02. The molecule has 21 heavy (non-hydrogen) atoms. The van der Waals surface area contributed by atoms with Gasteiger partial charge in [-0.3, -0.25) is 0 Å². The Kier molecular flexibility index (Phi) is 4.28. The van der Waals surface area contributed by atoms with Crippen LogP contribution in [0.3, 0.4) is 0 Å². The van der Waals surface area contributed by atoms with Gasteiger partial charge in [-0.2, -0.15) is 0 Å². The van der Waals surface area contributed by atoms with E-state index in [9.17, 15) is 0 Å². The molecule has 2 aliphatic rings. The van der Waals surface area contributed by atoms with Crippen LogP contribution in [0.4, 0.5) is 0 Å². The lowest BCUT2D eigenvalue weighted by molar-refractivity contribution is -0.245. The van der Waals surface area contributed by atoms with Crippen LogP contribution in [0.25, 0.3) is 0 Å². The quantitative estimate of drug-likeness (QED) is 0.851. The maximum Gasteiger partial charge on any atom is 0.186 e. The lowest BCUT2D eigenvalue weighted by Gasteiger charge is -2.35. The summed E-state index contributed by atoms with van der Waals surface area (Å²) in [6, 6.07) is 10.1. The Morgan fingerprint density at radius 2 is 1.86 bits per heavy atom. The highest BCUT2D eigenvalue weighted by Gasteiger charge is 2.52. The zero-order valence-electron chi connectivity index (χ0n) is 12.7. The van der Waals surface area contributed by atoms with Gasteiger partial charge in [0.2, 0.25) is 0 Å². The van der Waals surface area contributed by atoms with Crippen molar-refractivity contribution >= 4 is 0 Å². The first-order chi connectivity index (χ1) is 10.1. The maximum absolute atomic E-state index is 5.98. The predicted molar refractivity (Wildman–Crippen MR) is 75.6 cm³/mol. The smallest absolute Gasteiger partial charge is 0.186 e. The molecule has 0 aliphatic carbocycles. The Labute approximate surface area is 125 Å². The Balaban J connectivity index is 1.66. The van der Waals surface area contributed by atoms with Crippen molar-refractivity contribution in [3.63, 3.8) is 0 Å². The molecular formula is C16H22O5. The molecule has 4 atom stereocenters. The van der Waals surface area contributed by atoms with Crippen LogP contribution in [0.15, 0.2) is 30.3 Å². The molecule has 0 saturated carbocycles. The second-order valence-corrected chi connectivity index (χ2v) is 5.84. The Hall–Kier alpha value is -0.980. The van der Waals surface area contributed by atoms with E-state index in [4.69, 9.17) is 23.7 Å². The highest BCUT2D eigenvalue weighted by molar-refractivity contribution is 5.13. The van der Waals surface area contributed by atoms with Crippen LogP contribution in [0.5, 0.6) is 0 Å². The average Bonchev–Trinajstić information content (AvgIpc) is 2.81. The first-order valence-electron chi connectivity index (χ1n) is 7.24. The van der Waals surface area contributed by atoms with E-state index in [1.807, 2.05) is 44.2 Å².